The summed E-state index contributed by atoms with van der Waals surface area (Å²) >= 11 is 6.29. The molecule has 1 fully saturated rings. The van der Waals surface area contributed by atoms with Crippen LogP contribution in [0.2, 0.25) is 0 Å². The first-order valence-corrected chi connectivity index (χ1v) is 11.4. The van der Waals surface area contributed by atoms with Crippen LogP contribution in [0.1, 0.15) is 32.7 Å². The number of halogens is 1. The van der Waals surface area contributed by atoms with Crippen molar-refractivity contribution in [2.24, 2.45) is 5.92 Å². The third-order valence-electron chi connectivity index (χ3n) is 6.42. The molecule has 2 heterocycles. The average molecular weight is 466 g/mol. The molecule has 1 saturated heterocycles. The Bertz CT molecular complexity index is 1190. The van der Waals surface area contributed by atoms with Crippen LogP contribution in [-0.2, 0) is 30.6 Å². The number of fused-ring (bicyclic) bond motifs is 3. The Kier molecular flexibility index (Phi) is 5.91. The van der Waals surface area contributed by atoms with Crippen LogP contribution in [0.15, 0.2) is 53.1 Å². The molecule has 33 heavy (non-hydrogen) atoms. The van der Waals surface area contributed by atoms with Gasteiger partial charge < -0.3 is 9.63 Å². The molecule has 0 unspecified atom stereocenters. The van der Waals surface area contributed by atoms with Crippen molar-refractivity contribution in [3.05, 3.63) is 76.5 Å². The fraction of sp³-hybridized carbons (Fsp3) is 0.320. The zero-order chi connectivity index (χ0) is 22.9. The number of likely N-dealkylation sites (tertiary alicyclic amines) is 1. The topological polar surface area (TPSA) is 86.9 Å². The highest BCUT2D eigenvalue weighted by Gasteiger charge is 2.33. The van der Waals surface area contributed by atoms with E-state index in [2.05, 4.69) is 16.1 Å². The van der Waals surface area contributed by atoms with E-state index in [4.69, 9.17) is 21.4 Å². The molecule has 2 aliphatic rings. The fourth-order valence-electron chi connectivity index (χ4n) is 4.56. The van der Waals surface area contributed by atoms with E-state index in [9.17, 15) is 9.59 Å². The second-order valence-electron chi connectivity index (χ2n) is 8.69. The number of nitrogens with zero attached hydrogens (tertiary/aromatic N) is 3. The lowest BCUT2D eigenvalue weighted by atomic mass is 9.88. The lowest BCUT2D eigenvalue weighted by Crippen LogP contribution is -2.49. The van der Waals surface area contributed by atoms with E-state index in [1.54, 1.807) is 0 Å². The number of carbonyl (C=O) groups is 2. The molecule has 0 radical (unpaired) electrons. The molecule has 1 aromatic heterocycles. The molecular weight excluding hydrogens is 442 g/mol. The number of carboxylic acids is 1. The van der Waals surface area contributed by atoms with Crippen LogP contribution in [0.3, 0.4) is 0 Å². The Labute approximate surface area is 196 Å². The highest BCUT2D eigenvalue weighted by atomic mass is 35.5. The van der Waals surface area contributed by atoms with Gasteiger partial charge in [0.25, 0.3) is 5.91 Å². The Morgan fingerprint density at radius 3 is 2.67 bits per heavy atom. The lowest BCUT2D eigenvalue weighted by Gasteiger charge is -2.36. The summed E-state index contributed by atoms with van der Waals surface area (Å²) in [5.74, 6) is -0.697. The monoisotopic (exact) mass is 465 g/mol. The van der Waals surface area contributed by atoms with Gasteiger partial charge in [0.05, 0.1) is 5.92 Å². The van der Waals surface area contributed by atoms with Crippen molar-refractivity contribution in [3.63, 3.8) is 0 Å². The van der Waals surface area contributed by atoms with E-state index >= 15 is 0 Å². The zero-order valence-electron chi connectivity index (χ0n) is 18.0. The lowest BCUT2D eigenvalue weighted by molar-refractivity contribution is -0.147. The second-order valence-corrected chi connectivity index (χ2v) is 9.09. The number of aliphatic carboxylic acids is 1. The summed E-state index contributed by atoms with van der Waals surface area (Å²) in [6.45, 7) is 2.28. The number of benzene rings is 2. The Balaban J connectivity index is 1.27. The number of aromatic nitrogens is 1. The summed E-state index contributed by atoms with van der Waals surface area (Å²) in [5.41, 5.74) is 5.44. The second kappa shape index (κ2) is 9.00. The molecule has 1 aliphatic heterocycles. The number of carbonyl (C=O) groups excluding carboxylic acids is 1. The SMILES string of the molecule is O=C(O)C1CN(Cc2ccc3c(c2)CCc2c(C(=O)N(Cl)CCc4ccccc4)noc2-3)C1. The first-order valence-electron chi connectivity index (χ1n) is 11.1. The van der Waals surface area contributed by atoms with Gasteiger partial charge in [0.2, 0.25) is 0 Å². The highest BCUT2D eigenvalue weighted by Crippen LogP contribution is 2.36. The van der Waals surface area contributed by atoms with Crippen LogP contribution in [0.5, 0.6) is 0 Å². The average Bonchev–Trinajstić information content (AvgIpc) is 3.23. The zero-order valence-corrected chi connectivity index (χ0v) is 18.8. The predicted molar refractivity (Wildman–Crippen MR) is 123 cm³/mol. The van der Waals surface area contributed by atoms with Gasteiger partial charge in [-0.3, -0.25) is 14.5 Å². The molecule has 1 aliphatic carbocycles. The molecule has 0 spiro atoms. The molecule has 0 atom stereocenters. The molecule has 7 nitrogen and oxygen atoms in total. The van der Waals surface area contributed by atoms with Gasteiger partial charge in [-0.2, -0.15) is 0 Å². The molecule has 5 rings (SSSR count). The number of aryl methyl sites for hydroxylation is 1. The van der Waals surface area contributed by atoms with Crippen molar-refractivity contribution in [2.75, 3.05) is 19.6 Å². The largest absolute Gasteiger partial charge is 0.481 e. The van der Waals surface area contributed by atoms with Gasteiger partial charge in [-0.1, -0.05) is 53.7 Å². The summed E-state index contributed by atoms with van der Waals surface area (Å²) < 4.78 is 6.79. The van der Waals surface area contributed by atoms with E-state index in [0.717, 1.165) is 40.8 Å². The van der Waals surface area contributed by atoms with Crippen molar-refractivity contribution in [3.8, 4) is 11.3 Å². The van der Waals surface area contributed by atoms with Gasteiger partial charge in [-0.05, 0) is 36.0 Å². The number of hydrogen-bond acceptors (Lipinski definition) is 5. The minimum Gasteiger partial charge on any atom is -0.481 e. The normalized spacial score (nSPS) is 15.4. The number of hydrogen-bond donors (Lipinski definition) is 1. The molecule has 3 aromatic rings. The van der Waals surface area contributed by atoms with Crippen LogP contribution >= 0.6 is 11.8 Å². The van der Waals surface area contributed by atoms with Crippen LogP contribution in [-0.4, -0.2) is 51.1 Å². The maximum Gasteiger partial charge on any atom is 0.309 e. The number of carboxylic acid groups (broad SMARTS) is 1. The number of amides is 1. The molecule has 170 valence electrons. The Morgan fingerprint density at radius 2 is 1.91 bits per heavy atom. The molecule has 0 bridgehead atoms. The summed E-state index contributed by atoms with van der Waals surface area (Å²) in [4.78, 5) is 26.1. The van der Waals surface area contributed by atoms with Crippen molar-refractivity contribution in [2.45, 2.75) is 25.8 Å². The van der Waals surface area contributed by atoms with Crippen LogP contribution < -0.4 is 0 Å². The molecule has 8 heteroatoms. The van der Waals surface area contributed by atoms with E-state index in [1.165, 1.54) is 4.42 Å². The van der Waals surface area contributed by atoms with Crippen molar-refractivity contribution < 1.29 is 19.2 Å². The van der Waals surface area contributed by atoms with Gasteiger partial charge in [0, 0.05) is 49.1 Å². The molecule has 2 aromatic carbocycles. The van der Waals surface area contributed by atoms with Crippen molar-refractivity contribution >= 4 is 23.7 Å². The first kappa shape index (κ1) is 21.7. The van der Waals surface area contributed by atoms with Gasteiger partial charge in [0.15, 0.2) is 11.5 Å². The Morgan fingerprint density at radius 1 is 1.12 bits per heavy atom. The fourth-order valence-corrected chi connectivity index (χ4v) is 4.72. The van der Waals surface area contributed by atoms with Crippen LogP contribution in [0, 0.1) is 5.92 Å². The highest BCUT2D eigenvalue weighted by molar-refractivity contribution is 6.24. The van der Waals surface area contributed by atoms with Crippen molar-refractivity contribution in [1.82, 2.24) is 14.5 Å². The van der Waals surface area contributed by atoms with Gasteiger partial charge in [0.1, 0.15) is 0 Å². The quantitative estimate of drug-likeness (QED) is 0.534. The summed E-state index contributed by atoms with van der Waals surface area (Å²) in [7, 11) is 0. The summed E-state index contributed by atoms with van der Waals surface area (Å²) in [5, 5.41) is 13.1. The third-order valence-corrected chi connectivity index (χ3v) is 6.74. The van der Waals surface area contributed by atoms with Gasteiger partial charge >= 0.3 is 5.97 Å². The maximum atomic E-state index is 12.9. The summed E-state index contributed by atoms with van der Waals surface area (Å²) in [6.07, 6.45) is 2.10. The van der Waals surface area contributed by atoms with Gasteiger partial charge in [-0.15, -0.1) is 0 Å². The van der Waals surface area contributed by atoms with Crippen LogP contribution in [0.4, 0.5) is 0 Å². The minimum absolute atomic E-state index is 0.260. The van der Waals surface area contributed by atoms with Crippen molar-refractivity contribution in [1.29, 1.82) is 0 Å². The number of rotatable bonds is 7. The van der Waals surface area contributed by atoms with E-state index in [0.29, 0.717) is 38.2 Å². The smallest absolute Gasteiger partial charge is 0.309 e. The Hall–Kier alpha value is -3.16. The maximum absolute atomic E-state index is 12.9. The van der Waals surface area contributed by atoms with Gasteiger partial charge in [-0.25, -0.2) is 4.42 Å². The van der Waals surface area contributed by atoms with E-state index in [1.807, 2.05) is 42.5 Å². The van der Waals surface area contributed by atoms with E-state index < -0.39 is 5.97 Å². The third kappa shape index (κ3) is 4.38. The summed E-state index contributed by atoms with van der Waals surface area (Å²) in [6, 6.07) is 16.1. The molecule has 1 N–H and O–H groups in total. The first-order chi connectivity index (χ1) is 16.0. The van der Waals surface area contributed by atoms with E-state index in [-0.39, 0.29) is 17.5 Å². The molecule has 0 saturated carbocycles. The molecular formula is C25H24ClN3O4. The standard InChI is InChI=1S/C25H24ClN3O4/c26-29(11-10-16-4-2-1-3-5-16)24(30)22-21-9-7-18-12-17(6-8-20(18)23(21)33-27-22)13-28-14-19(15-28)25(31)32/h1-6,8,12,19H,7,9-11,13-15H2,(H,31,32). The molecule has 1 amide bonds. The predicted octanol–water partition coefficient (Wildman–Crippen LogP) is 3.80. The van der Waals surface area contributed by atoms with Crippen LogP contribution in [0.25, 0.3) is 11.3 Å². The minimum atomic E-state index is -0.726.